The fourth-order valence-electron chi connectivity index (χ4n) is 2.45. The van der Waals surface area contributed by atoms with Crippen LogP contribution < -0.4 is 10.1 Å². The second kappa shape index (κ2) is 5.09. The highest BCUT2D eigenvalue weighted by atomic mass is 16.5. The van der Waals surface area contributed by atoms with E-state index in [-0.39, 0.29) is 0 Å². The maximum absolute atomic E-state index is 5.52. The standard InChI is InChI=1S/C15H23NO/c1-4-12-6-7-14(17-3)13(10-12)15(8-9-15)11-16-5-2/h6-7,10,16H,4-5,8-9,11H2,1-3H3. The van der Waals surface area contributed by atoms with Crippen molar-refractivity contribution in [3.63, 3.8) is 0 Å². The molecule has 0 heterocycles. The van der Waals surface area contributed by atoms with Crippen LogP contribution in [0.2, 0.25) is 0 Å². The number of hydrogen-bond donors (Lipinski definition) is 1. The third-order valence-electron chi connectivity index (χ3n) is 3.81. The van der Waals surface area contributed by atoms with Crippen LogP contribution in [0.5, 0.6) is 5.75 Å². The Kier molecular flexibility index (Phi) is 3.72. The molecule has 17 heavy (non-hydrogen) atoms. The lowest BCUT2D eigenvalue weighted by Gasteiger charge is -2.20. The number of likely N-dealkylation sites (N-methyl/N-ethyl adjacent to an activating group) is 1. The van der Waals surface area contributed by atoms with Crippen LogP contribution in [-0.2, 0) is 11.8 Å². The van der Waals surface area contributed by atoms with Crippen LogP contribution in [0.3, 0.4) is 0 Å². The van der Waals surface area contributed by atoms with Crippen molar-refractivity contribution in [2.75, 3.05) is 20.2 Å². The Morgan fingerprint density at radius 3 is 2.59 bits per heavy atom. The predicted octanol–water partition coefficient (Wildman–Crippen LogP) is 2.90. The normalized spacial score (nSPS) is 16.9. The van der Waals surface area contributed by atoms with Crippen molar-refractivity contribution in [1.29, 1.82) is 0 Å². The van der Waals surface area contributed by atoms with E-state index in [0.29, 0.717) is 5.41 Å². The Labute approximate surface area is 104 Å². The summed E-state index contributed by atoms with van der Waals surface area (Å²) in [5.41, 5.74) is 3.15. The maximum atomic E-state index is 5.52. The number of rotatable bonds is 6. The van der Waals surface area contributed by atoms with Gasteiger partial charge in [-0.1, -0.05) is 26.0 Å². The second-order valence-corrected chi connectivity index (χ2v) is 4.95. The van der Waals surface area contributed by atoms with Crippen LogP contribution in [0.25, 0.3) is 0 Å². The van der Waals surface area contributed by atoms with Gasteiger partial charge in [0, 0.05) is 17.5 Å². The van der Waals surface area contributed by atoms with Crippen molar-refractivity contribution < 1.29 is 4.74 Å². The van der Waals surface area contributed by atoms with Gasteiger partial charge in [0.1, 0.15) is 5.75 Å². The van der Waals surface area contributed by atoms with Gasteiger partial charge >= 0.3 is 0 Å². The minimum Gasteiger partial charge on any atom is -0.496 e. The molecule has 2 rings (SSSR count). The number of methoxy groups -OCH3 is 1. The lowest BCUT2D eigenvalue weighted by Crippen LogP contribution is -2.27. The number of ether oxygens (including phenoxy) is 1. The summed E-state index contributed by atoms with van der Waals surface area (Å²) in [6.45, 7) is 6.48. The van der Waals surface area contributed by atoms with E-state index >= 15 is 0 Å². The van der Waals surface area contributed by atoms with E-state index in [1.54, 1.807) is 7.11 Å². The smallest absolute Gasteiger partial charge is 0.122 e. The SMILES string of the molecule is CCNCC1(c2cc(CC)ccc2OC)CC1. The zero-order chi connectivity index (χ0) is 12.3. The fourth-order valence-corrected chi connectivity index (χ4v) is 2.45. The van der Waals surface area contributed by atoms with Gasteiger partial charge in [-0.15, -0.1) is 0 Å². The molecule has 0 aliphatic heterocycles. The Balaban J connectivity index is 2.29. The number of benzene rings is 1. The molecule has 1 saturated carbocycles. The zero-order valence-electron chi connectivity index (χ0n) is 11.2. The molecule has 94 valence electrons. The van der Waals surface area contributed by atoms with Crippen molar-refractivity contribution >= 4 is 0 Å². The van der Waals surface area contributed by atoms with Gasteiger partial charge in [-0.05, 0) is 37.4 Å². The summed E-state index contributed by atoms with van der Waals surface area (Å²) < 4.78 is 5.52. The molecule has 0 radical (unpaired) electrons. The van der Waals surface area contributed by atoms with Crippen molar-refractivity contribution in [2.24, 2.45) is 0 Å². The van der Waals surface area contributed by atoms with Gasteiger partial charge in [-0.3, -0.25) is 0 Å². The number of hydrogen-bond acceptors (Lipinski definition) is 2. The molecule has 0 bridgehead atoms. The van der Waals surface area contributed by atoms with Crippen molar-refractivity contribution in [3.05, 3.63) is 29.3 Å². The fraction of sp³-hybridized carbons (Fsp3) is 0.600. The Bertz CT molecular complexity index is 383. The molecule has 1 aliphatic carbocycles. The molecule has 0 unspecified atom stereocenters. The quantitative estimate of drug-likeness (QED) is 0.815. The lowest BCUT2D eigenvalue weighted by molar-refractivity contribution is 0.402. The van der Waals surface area contributed by atoms with Gasteiger partial charge < -0.3 is 10.1 Å². The highest BCUT2D eigenvalue weighted by Gasteiger charge is 2.45. The molecule has 1 aliphatic rings. The molecule has 0 atom stereocenters. The third kappa shape index (κ3) is 2.47. The molecule has 0 saturated heterocycles. The highest BCUT2D eigenvalue weighted by Crippen LogP contribution is 2.51. The Morgan fingerprint density at radius 2 is 2.06 bits per heavy atom. The number of nitrogens with one attached hydrogen (secondary N) is 1. The minimum atomic E-state index is 0.340. The van der Waals surface area contributed by atoms with Crippen LogP contribution >= 0.6 is 0 Å². The lowest BCUT2D eigenvalue weighted by atomic mass is 9.92. The molecule has 1 fully saturated rings. The molecule has 0 aromatic heterocycles. The van der Waals surface area contributed by atoms with Crippen LogP contribution in [0.1, 0.15) is 37.8 Å². The molecule has 1 N–H and O–H groups in total. The average molecular weight is 233 g/mol. The van der Waals surface area contributed by atoms with Crippen LogP contribution in [0, 0.1) is 0 Å². The van der Waals surface area contributed by atoms with Gasteiger partial charge in [0.05, 0.1) is 7.11 Å². The minimum absolute atomic E-state index is 0.340. The summed E-state index contributed by atoms with van der Waals surface area (Å²) >= 11 is 0. The van der Waals surface area contributed by atoms with Crippen molar-refractivity contribution in [2.45, 2.75) is 38.5 Å². The van der Waals surface area contributed by atoms with Gasteiger partial charge in [0.25, 0.3) is 0 Å². The third-order valence-corrected chi connectivity index (χ3v) is 3.81. The zero-order valence-corrected chi connectivity index (χ0v) is 11.2. The molecule has 0 spiro atoms. The van der Waals surface area contributed by atoms with Crippen molar-refractivity contribution in [1.82, 2.24) is 5.32 Å². The van der Waals surface area contributed by atoms with Crippen LogP contribution in [-0.4, -0.2) is 20.2 Å². The van der Waals surface area contributed by atoms with E-state index in [1.165, 1.54) is 24.0 Å². The first kappa shape index (κ1) is 12.4. The summed E-state index contributed by atoms with van der Waals surface area (Å²) in [6, 6.07) is 6.63. The van der Waals surface area contributed by atoms with Crippen molar-refractivity contribution in [3.8, 4) is 5.75 Å². The van der Waals surface area contributed by atoms with E-state index in [2.05, 4.69) is 37.4 Å². The van der Waals surface area contributed by atoms with Gasteiger partial charge in [-0.25, -0.2) is 0 Å². The molecular weight excluding hydrogens is 210 g/mol. The average Bonchev–Trinajstić information content (AvgIpc) is 3.16. The Hall–Kier alpha value is -1.02. The van der Waals surface area contributed by atoms with Gasteiger partial charge in [-0.2, -0.15) is 0 Å². The van der Waals surface area contributed by atoms with Crippen LogP contribution in [0.4, 0.5) is 0 Å². The highest BCUT2D eigenvalue weighted by molar-refractivity contribution is 5.46. The molecule has 2 nitrogen and oxygen atoms in total. The monoisotopic (exact) mass is 233 g/mol. The summed E-state index contributed by atoms with van der Waals surface area (Å²) in [5.74, 6) is 1.05. The van der Waals surface area contributed by atoms with Gasteiger partial charge in [0.15, 0.2) is 0 Å². The van der Waals surface area contributed by atoms with E-state index in [1.807, 2.05) is 0 Å². The Morgan fingerprint density at radius 1 is 1.29 bits per heavy atom. The molecular formula is C15H23NO. The predicted molar refractivity (Wildman–Crippen MR) is 71.8 cm³/mol. The summed E-state index contributed by atoms with van der Waals surface area (Å²) in [6.07, 6.45) is 3.65. The maximum Gasteiger partial charge on any atom is 0.122 e. The summed E-state index contributed by atoms with van der Waals surface area (Å²) in [7, 11) is 1.77. The van der Waals surface area contributed by atoms with Gasteiger partial charge in [0.2, 0.25) is 0 Å². The molecule has 1 aromatic rings. The summed E-state index contributed by atoms with van der Waals surface area (Å²) in [4.78, 5) is 0. The first-order chi connectivity index (χ1) is 8.25. The van der Waals surface area contributed by atoms with E-state index < -0.39 is 0 Å². The van der Waals surface area contributed by atoms with Crippen LogP contribution in [0.15, 0.2) is 18.2 Å². The molecule has 2 heteroatoms. The largest absolute Gasteiger partial charge is 0.496 e. The first-order valence-electron chi connectivity index (χ1n) is 6.64. The molecule has 1 aromatic carbocycles. The summed E-state index contributed by atoms with van der Waals surface area (Å²) in [5, 5.41) is 3.48. The van der Waals surface area contributed by atoms with E-state index in [4.69, 9.17) is 4.74 Å². The number of aryl methyl sites for hydroxylation is 1. The molecule has 0 amide bonds. The topological polar surface area (TPSA) is 21.3 Å². The first-order valence-corrected chi connectivity index (χ1v) is 6.64. The van der Waals surface area contributed by atoms with E-state index in [0.717, 1.165) is 25.3 Å². The van der Waals surface area contributed by atoms with E-state index in [9.17, 15) is 0 Å². The second-order valence-electron chi connectivity index (χ2n) is 4.95.